The average Bonchev–Trinajstić information content (AvgIpc) is 2.84. The van der Waals surface area contributed by atoms with Gasteiger partial charge in [0.1, 0.15) is 0 Å². The molecule has 0 radical (unpaired) electrons. The number of carbonyl (C=O) groups is 2. The smallest absolute Gasteiger partial charge is 0.307 e. The molecule has 2 aromatic rings. The molecule has 1 aromatic carbocycles. The minimum Gasteiger partial charge on any atom is -0.481 e. The molecule has 0 aliphatic heterocycles. The summed E-state index contributed by atoms with van der Waals surface area (Å²) in [6.45, 7) is 6.07. The van der Waals surface area contributed by atoms with Gasteiger partial charge in [0.25, 0.3) is 0 Å². The first-order valence-electron chi connectivity index (χ1n) is 7.50. The second kappa shape index (κ2) is 6.83. The minimum atomic E-state index is -0.854. The Labute approximate surface area is 135 Å². The second-order valence-corrected chi connectivity index (χ2v) is 6.46. The van der Waals surface area contributed by atoms with Crippen LogP contribution in [0.1, 0.15) is 31.9 Å². The van der Waals surface area contributed by atoms with Gasteiger partial charge in [-0.05, 0) is 50.5 Å². The number of nitrogens with zero attached hydrogens (tertiary/aromatic N) is 1. The quantitative estimate of drug-likeness (QED) is 0.607. The van der Waals surface area contributed by atoms with Crippen molar-refractivity contribution < 1.29 is 19.5 Å². The molecule has 6 nitrogen and oxygen atoms in total. The third-order valence-corrected chi connectivity index (χ3v) is 3.30. The van der Waals surface area contributed by atoms with Crippen molar-refractivity contribution in [2.45, 2.75) is 39.2 Å². The molecule has 1 aromatic heterocycles. The summed E-state index contributed by atoms with van der Waals surface area (Å²) >= 11 is 0. The van der Waals surface area contributed by atoms with E-state index < -0.39 is 11.6 Å². The van der Waals surface area contributed by atoms with E-state index in [-0.39, 0.29) is 6.42 Å². The Morgan fingerprint density at radius 1 is 1.39 bits per heavy atom. The van der Waals surface area contributed by atoms with Gasteiger partial charge in [-0.1, -0.05) is 6.07 Å². The maximum absolute atomic E-state index is 11.1. The number of amides is 1. The molecular weight excluding hydrogens is 296 g/mol. The van der Waals surface area contributed by atoms with Crippen LogP contribution in [0.15, 0.2) is 24.4 Å². The third-order valence-electron chi connectivity index (χ3n) is 3.30. The van der Waals surface area contributed by atoms with E-state index in [1.807, 2.05) is 39.1 Å². The predicted octanol–water partition coefficient (Wildman–Crippen LogP) is 2.53. The number of hydrogen-bond acceptors (Lipinski definition) is 3. The van der Waals surface area contributed by atoms with E-state index in [1.165, 1.54) is 5.06 Å². The van der Waals surface area contributed by atoms with Gasteiger partial charge in [-0.2, -0.15) is 0 Å². The Hall–Kier alpha value is -2.34. The summed E-state index contributed by atoms with van der Waals surface area (Å²) in [5.41, 5.74) is 2.29. The molecule has 0 bridgehead atoms. The molecular formula is C17H22N2O4. The molecule has 23 heavy (non-hydrogen) atoms. The van der Waals surface area contributed by atoms with E-state index in [9.17, 15) is 9.59 Å². The molecule has 0 saturated carbocycles. The molecule has 6 heteroatoms. The SMILES string of the molecule is CC(C)(C)ON(C=O)CCc1c[nH]c2ccc(CC(=O)O)cc12. The standard InChI is InChI=1S/C17H22N2O4/c1-17(2,3)23-19(11-20)7-6-13-10-18-15-5-4-12(8-14(13)15)9-16(21)22/h4-5,8,10-11,18H,6-7,9H2,1-3H3,(H,21,22). The van der Waals surface area contributed by atoms with Crippen LogP contribution in [0.4, 0.5) is 0 Å². The van der Waals surface area contributed by atoms with Gasteiger partial charge in [-0.15, -0.1) is 0 Å². The van der Waals surface area contributed by atoms with Crippen LogP contribution in [0, 0.1) is 0 Å². The van der Waals surface area contributed by atoms with Crippen LogP contribution in [0.2, 0.25) is 0 Å². The summed E-state index contributed by atoms with van der Waals surface area (Å²) < 4.78 is 0. The van der Waals surface area contributed by atoms with Crippen LogP contribution < -0.4 is 0 Å². The highest BCUT2D eigenvalue weighted by molar-refractivity contribution is 5.85. The highest BCUT2D eigenvalue weighted by Crippen LogP contribution is 2.21. The number of hydrogen-bond donors (Lipinski definition) is 2. The van der Waals surface area contributed by atoms with Crippen LogP contribution >= 0.6 is 0 Å². The number of carbonyl (C=O) groups excluding carboxylic acids is 1. The Balaban J connectivity index is 2.13. The number of benzene rings is 1. The lowest BCUT2D eigenvalue weighted by atomic mass is 10.1. The summed E-state index contributed by atoms with van der Waals surface area (Å²) in [5.74, 6) is -0.854. The molecule has 2 N–H and O–H groups in total. The first kappa shape index (κ1) is 17.0. The number of carboxylic acids is 1. The van der Waals surface area contributed by atoms with Crippen molar-refractivity contribution in [3.8, 4) is 0 Å². The zero-order valence-electron chi connectivity index (χ0n) is 13.6. The van der Waals surface area contributed by atoms with Gasteiger partial charge in [-0.3, -0.25) is 14.4 Å². The predicted molar refractivity (Wildman–Crippen MR) is 87.0 cm³/mol. The molecule has 0 spiro atoms. The molecule has 1 amide bonds. The fourth-order valence-corrected chi connectivity index (χ4v) is 2.42. The first-order chi connectivity index (χ1) is 10.8. The molecule has 0 aliphatic rings. The highest BCUT2D eigenvalue weighted by atomic mass is 16.7. The van der Waals surface area contributed by atoms with Gasteiger partial charge in [0.05, 0.1) is 18.6 Å². The van der Waals surface area contributed by atoms with Gasteiger partial charge in [-0.25, -0.2) is 5.06 Å². The van der Waals surface area contributed by atoms with Gasteiger partial charge >= 0.3 is 5.97 Å². The number of aliphatic carboxylic acids is 1. The molecule has 0 fully saturated rings. The van der Waals surface area contributed by atoms with Crippen molar-refractivity contribution in [1.82, 2.24) is 10.0 Å². The molecule has 1 heterocycles. The summed E-state index contributed by atoms with van der Waals surface area (Å²) in [6, 6.07) is 5.56. The minimum absolute atomic E-state index is 0.00580. The topological polar surface area (TPSA) is 82.6 Å². The molecule has 2 rings (SSSR count). The first-order valence-corrected chi connectivity index (χ1v) is 7.50. The van der Waals surface area contributed by atoms with E-state index >= 15 is 0 Å². The Morgan fingerprint density at radius 2 is 2.13 bits per heavy atom. The number of fused-ring (bicyclic) bond motifs is 1. The molecule has 0 unspecified atom stereocenters. The van der Waals surface area contributed by atoms with Crippen molar-refractivity contribution in [1.29, 1.82) is 0 Å². The maximum Gasteiger partial charge on any atom is 0.307 e. The number of carboxylic acid groups (broad SMARTS) is 1. The fourth-order valence-electron chi connectivity index (χ4n) is 2.42. The monoisotopic (exact) mass is 318 g/mol. The lowest BCUT2D eigenvalue weighted by Crippen LogP contribution is -2.34. The van der Waals surface area contributed by atoms with E-state index in [4.69, 9.17) is 9.94 Å². The molecule has 0 aliphatic carbocycles. The van der Waals surface area contributed by atoms with Crippen molar-refractivity contribution in [3.63, 3.8) is 0 Å². The zero-order chi connectivity index (χ0) is 17.0. The lowest BCUT2D eigenvalue weighted by molar-refractivity contribution is -0.215. The molecule has 0 saturated heterocycles. The Kier molecular flexibility index (Phi) is 5.05. The Morgan fingerprint density at radius 3 is 2.74 bits per heavy atom. The summed E-state index contributed by atoms with van der Waals surface area (Å²) in [7, 11) is 0. The number of nitrogens with one attached hydrogen (secondary N) is 1. The van der Waals surface area contributed by atoms with Gasteiger partial charge in [0.15, 0.2) is 0 Å². The van der Waals surface area contributed by atoms with Crippen LogP contribution in [0.5, 0.6) is 0 Å². The third kappa shape index (κ3) is 4.82. The van der Waals surface area contributed by atoms with Crippen molar-refractivity contribution in [3.05, 3.63) is 35.5 Å². The van der Waals surface area contributed by atoms with Crippen LogP contribution in [0.3, 0.4) is 0 Å². The largest absolute Gasteiger partial charge is 0.481 e. The molecule has 0 atom stereocenters. The van der Waals surface area contributed by atoms with Crippen molar-refractivity contribution in [2.24, 2.45) is 0 Å². The summed E-state index contributed by atoms with van der Waals surface area (Å²) in [5, 5.41) is 11.2. The van der Waals surface area contributed by atoms with Crippen molar-refractivity contribution >= 4 is 23.3 Å². The number of rotatable bonds is 7. The van der Waals surface area contributed by atoms with Crippen molar-refractivity contribution in [2.75, 3.05) is 6.54 Å². The average molecular weight is 318 g/mol. The van der Waals surface area contributed by atoms with E-state index in [1.54, 1.807) is 6.07 Å². The van der Waals surface area contributed by atoms with E-state index in [0.717, 1.165) is 22.0 Å². The number of aromatic amines is 1. The van der Waals surface area contributed by atoms with Gasteiger partial charge < -0.3 is 10.1 Å². The lowest BCUT2D eigenvalue weighted by Gasteiger charge is -2.26. The number of H-pyrrole nitrogens is 1. The summed E-state index contributed by atoms with van der Waals surface area (Å²) in [4.78, 5) is 30.7. The Bertz CT molecular complexity index is 700. The van der Waals surface area contributed by atoms with E-state index in [2.05, 4.69) is 4.98 Å². The number of aromatic nitrogens is 1. The van der Waals surface area contributed by atoms with Crippen LogP contribution in [-0.4, -0.2) is 39.7 Å². The fraction of sp³-hybridized carbons (Fsp3) is 0.412. The van der Waals surface area contributed by atoms with Gasteiger partial charge in [0.2, 0.25) is 6.41 Å². The van der Waals surface area contributed by atoms with Crippen LogP contribution in [0.25, 0.3) is 10.9 Å². The van der Waals surface area contributed by atoms with E-state index in [0.29, 0.717) is 19.4 Å². The normalized spacial score (nSPS) is 11.6. The summed E-state index contributed by atoms with van der Waals surface area (Å²) in [6.07, 6.45) is 3.17. The van der Waals surface area contributed by atoms with Crippen LogP contribution in [-0.2, 0) is 27.3 Å². The second-order valence-electron chi connectivity index (χ2n) is 6.46. The van der Waals surface area contributed by atoms with Gasteiger partial charge in [0, 0.05) is 17.1 Å². The highest BCUT2D eigenvalue weighted by Gasteiger charge is 2.16. The molecule has 124 valence electrons. The zero-order valence-corrected chi connectivity index (χ0v) is 13.6. The maximum atomic E-state index is 11.1. The number of hydroxylamine groups is 2.